The third-order valence-corrected chi connectivity index (χ3v) is 4.27. The van der Waals surface area contributed by atoms with E-state index in [0.717, 1.165) is 17.0 Å². The SMILES string of the molecule is COc1ccc(NC(=S)NNC(=O)COc2cc(C)c(N=O)cc2C(C)C)cc1. The van der Waals surface area contributed by atoms with Crippen LogP contribution in [-0.4, -0.2) is 24.7 Å². The number of carbonyl (C=O) groups excluding carboxylic acids is 1. The largest absolute Gasteiger partial charge is 0.497 e. The molecule has 0 saturated heterocycles. The number of benzene rings is 2. The molecule has 0 aliphatic heterocycles. The first-order valence-electron chi connectivity index (χ1n) is 8.94. The number of aryl methyl sites for hydroxylation is 1. The van der Waals surface area contributed by atoms with E-state index in [4.69, 9.17) is 21.7 Å². The highest BCUT2D eigenvalue weighted by Gasteiger charge is 2.14. The lowest BCUT2D eigenvalue weighted by atomic mass is 9.99. The minimum atomic E-state index is -0.408. The predicted octanol–water partition coefficient (Wildman–Crippen LogP) is 3.92. The van der Waals surface area contributed by atoms with Crippen molar-refractivity contribution in [2.45, 2.75) is 26.7 Å². The molecule has 0 spiro atoms. The van der Waals surface area contributed by atoms with Crippen molar-refractivity contribution in [2.75, 3.05) is 19.0 Å². The fraction of sp³-hybridized carbons (Fsp3) is 0.300. The van der Waals surface area contributed by atoms with E-state index in [2.05, 4.69) is 21.3 Å². The van der Waals surface area contributed by atoms with Gasteiger partial charge in [-0.05, 0) is 77.8 Å². The van der Waals surface area contributed by atoms with Gasteiger partial charge in [-0.1, -0.05) is 13.8 Å². The number of hydrazine groups is 1. The number of nitrogens with one attached hydrogen (secondary N) is 3. The van der Waals surface area contributed by atoms with E-state index in [9.17, 15) is 9.70 Å². The molecule has 2 rings (SSSR count). The number of nitroso groups, excluding NO2 is 1. The second-order valence-electron chi connectivity index (χ2n) is 6.57. The first kappa shape index (κ1) is 22.1. The third kappa shape index (κ3) is 6.42. The molecular weight excluding hydrogens is 392 g/mol. The second kappa shape index (κ2) is 10.4. The van der Waals surface area contributed by atoms with Crippen molar-refractivity contribution in [3.05, 3.63) is 52.4 Å². The summed E-state index contributed by atoms with van der Waals surface area (Å²) >= 11 is 5.14. The van der Waals surface area contributed by atoms with Gasteiger partial charge in [0, 0.05) is 5.69 Å². The Morgan fingerprint density at radius 2 is 1.86 bits per heavy atom. The Kier molecular flexibility index (Phi) is 7.90. The van der Waals surface area contributed by atoms with Crippen LogP contribution in [0.4, 0.5) is 11.4 Å². The van der Waals surface area contributed by atoms with Gasteiger partial charge >= 0.3 is 0 Å². The van der Waals surface area contributed by atoms with E-state index in [1.165, 1.54) is 0 Å². The number of methoxy groups -OCH3 is 1. The maximum atomic E-state index is 12.1. The summed E-state index contributed by atoms with van der Waals surface area (Å²) in [7, 11) is 1.59. The van der Waals surface area contributed by atoms with Gasteiger partial charge in [0.25, 0.3) is 5.91 Å². The highest BCUT2D eigenvalue weighted by Crippen LogP contribution is 2.33. The van der Waals surface area contributed by atoms with Gasteiger partial charge in [-0.25, -0.2) is 0 Å². The van der Waals surface area contributed by atoms with Crippen LogP contribution >= 0.6 is 12.2 Å². The van der Waals surface area contributed by atoms with Crippen molar-refractivity contribution in [2.24, 2.45) is 5.18 Å². The Labute approximate surface area is 174 Å². The van der Waals surface area contributed by atoms with Gasteiger partial charge < -0.3 is 14.8 Å². The number of ether oxygens (including phenoxy) is 2. The highest BCUT2D eigenvalue weighted by atomic mass is 32.1. The molecule has 3 N–H and O–H groups in total. The van der Waals surface area contributed by atoms with Gasteiger partial charge in [0.05, 0.1) is 7.11 Å². The van der Waals surface area contributed by atoms with Crippen LogP contribution in [0.5, 0.6) is 11.5 Å². The van der Waals surface area contributed by atoms with Crippen molar-refractivity contribution in [1.82, 2.24) is 10.9 Å². The molecule has 1 amide bonds. The molecule has 0 heterocycles. The zero-order valence-electron chi connectivity index (χ0n) is 16.7. The second-order valence-corrected chi connectivity index (χ2v) is 6.98. The van der Waals surface area contributed by atoms with E-state index >= 15 is 0 Å². The zero-order valence-corrected chi connectivity index (χ0v) is 17.6. The number of anilines is 1. The third-order valence-electron chi connectivity index (χ3n) is 4.07. The Morgan fingerprint density at radius 1 is 1.17 bits per heavy atom. The molecule has 8 nitrogen and oxygen atoms in total. The summed E-state index contributed by atoms with van der Waals surface area (Å²) in [5.41, 5.74) is 7.69. The molecule has 2 aromatic rings. The van der Waals surface area contributed by atoms with Gasteiger partial charge in [0.1, 0.15) is 17.2 Å². The summed E-state index contributed by atoms with van der Waals surface area (Å²) in [5, 5.41) is 6.18. The van der Waals surface area contributed by atoms with Crippen molar-refractivity contribution >= 4 is 34.6 Å². The maximum Gasteiger partial charge on any atom is 0.276 e. The van der Waals surface area contributed by atoms with Crippen LogP contribution in [0.3, 0.4) is 0 Å². The van der Waals surface area contributed by atoms with Crippen molar-refractivity contribution in [3.63, 3.8) is 0 Å². The summed E-state index contributed by atoms with van der Waals surface area (Å²) in [6.07, 6.45) is 0. The van der Waals surface area contributed by atoms with Gasteiger partial charge in [0.2, 0.25) is 0 Å². The smallest absolute Gasteiger partial charge is 0.276 e. The molecule has 0 aromatic heterocycles. The molecule has 9 heteroatoms. The Balaban J connectivity index is 1.87. The number of hydrogen-bond acceptors (Lipinski definition) is 6. The molecule has 154 valence electrons. The van der Waals surface area contributed by atoms with Crippen molar-refractivity contribution in [3.8, 4) is 11.5 Å². The van der Waals surface area contributed by atoms with E-state index in [-0.39, 0.29) is 17.6 Å². The summed E-state index contributed by atoms with van der Waals surface area (Å²) in [5.74, 6) is 0.967. The molecule has 0 aliphatic carbocycles. The number of thiocarbonyl (C=S) groups is 1. The lowest BCUT2D eigenvalue weighted by Gasteiger charge is -2.16. The van der Waals surface area contributed by atoms with Crippen LogP contribution in [0.2, 0.25) is 0 Å². The fourth-order valence-electron chi connectivity index (χ4n) is 2.50. The van der Waals surface area contributed by atoms with Crippen LogP contribution in [0, 0.1) is 11.8 Å². The first-order valence-corrected chi connectivity index (χ1v) is 9.35. The van der Waals surface area contributed by atoms with Gasteiger partial charge in [0.15, 0.2) is 11.7 Å². The molecule has 0 aliphatic rings. The zero-order chi connectivity index (χ0) is 21.4. The molecular formula is C20H24N4O4S. The van der Waals surface area contributed by atoms with Gasteiger partial charge in [-0.2, -0.15) is 0 Å². The van der Waals surface area contributed by atoms with Crippen LogP contribution < -0.4 is 25.6 Å². The summed E-state index contributed by atoms with van der Waals surface area (Å²) in [4.78, 5) is 23.0. The molecule has 0 fully saturated rings. The topological polar surface area (TPSA) is 101 Å². The maximum absolute atomic E-state index is 12.1. The van der Waals surface area contributed by atoms with Crippen molar-refractivity contribution < 1.29 is 14.3 Å². The van der Waals surface area contributed by atoms with Crippen LogP contribution in [0.25, 0.3) is 0 Å². The van der Waals surface area contributed by atoms with Crippen LogP contribution in [0.15, 0.2) is 41.6 Å². The fourth-order valence-corrected chi connectivity index (χ4v) is 2.67. The number of carbonyl (C=O) groups is 1. The van der Waals surface area contributed by atoms with E-state index < -0.39 is 5.91 Å². The lowest BCUT2D eigenvalue weighted by molar-refractivity contribution is -0.123. The molecule has 0 radical (unpaired) electrons. The quantitative estimate of drug-likeness (QED) is 0.357. The van der Waals surface area contributed by atoms with E-state index in [1.807, 2.05) is 13.8 Å². The summed E-state index contributed by atoms with van der Waals surface area (Å²) < 4.78 is 10.7. The predicted molar refractivity (Wildman–Crippen MR) is 117 cm³/mol. The lowest BCUT2D eigenvalue weighted by Crippen LogP contribution is -2.45. The highest BCUT2D eigenvalue weighted by molar-refractivity contribution is 7.80. The monoisotopic (exact) mass is 416 g/mol. The minimum absolute atomic E-state index is 0.105. The van der Waals surface area contributed by atoms with Gasteiger partial charge in [-0.3, -0.25) is 15.6 Å². The standard InChI is InChI=1S/C20H24N4O4S/c1-12(2)16-10-17(24-26)13(3)9-18(16)28-11-19(25)22-23-20(29)21-14-5-7-15(27-4)8-6-14/h5-10,12H,11H2,1-4H3,(H,22,25)(H2,21,23,29). The van der Waals surface area contributed by atoms with E-state index in [1.54, 1.807) is 50.4 Å². The average molecular weight is 417 g/mol. The first-order chi connectivity index (χ1) is 13.8. The molecule has 0 unspecified atom stereocenters. The van der Waals surface area contributed by atoms with Gasteiger partial charge in [-0.15, -0.1) is 4.91 Å². The number of nitrogens with zero attached hydrogens (tertiary/aromatic N) is 1. The molecule has 0 bridgehead atoms. The average Bonchev–Trinajstić information content (AvgIpc) is 2.71. The number of amides is 1. The Bertz CT molecular complexity index is 885. The number of rotatable bonds is 7. The summed E-state index contributed by atoms with van der Waals surface area (Å²) in [6.45, 7) is 5.48. The molecule has 0 atom stereocenters. The van der Waals surface area contributed by atoms with E-state index in [0.29, 0.717) is 17.0 Å². The number of hydrogen-bond donors (Lipinski definition) is 3. The van der Waals surface area contributed by atoms with Crippen LogP contribution in [-0.2, 0) is 4.79 Å². The normalized spacial score (nSPS) is 10.2. The molecule has 2 aromatic carbocycles. The molecule has 0 saturated carbocycles. The van der Waals surface area contributed by atoms with Crippen molar-refractivity contribution in [1.29, 1.82) is 0 Å². The summed E-state index contributed by atoms with van der Waals surface area (Å²) in [6, 6.07) is 10.6. The minimum Gasteiger partial charge on any atom is -0.497 e. The Morgan fingerprint density at radius 3 is 2.45 bits per heavy atom. The molecule has 29 heavy (non-hydrogen) atoms. The van der Waals surface area contributed by atoms with Crippen LogP contribution in [0.1, 0.15) is 30.9 Å². The Hall–Kier alpha value is -3.20.